The van der Waals surface area contributed by atoms with Crippen molar-refractivity contribution in [2.45, 2.75) is 25.7 Å². The summed E-state index contributed by atoms with van der Waals surface area (Å²) in [6.07, 6.45) is 1.33. The van der Waals surface area contributed by atoms with Gasteiger partial charge in [0.25, 0.3) is 5.89 Å². The molecule has 0 saturated carbocycles. The van der Waals surface area contributed by atoms with Crippen LogP contribution in [0.15, 0.2) is 47.0 Å². The Bertz CT molecular complexity index is 991. The first-order chi connectivity index (χ1) is 14.1. The fourth-order valence-corrected chi connectivity index (χ4v) is 3.49. The summed E-state index contributed by atoms with van der Waals surface area (Å²) in [7, 11) is 3.17. The maximum absolute atomic E-state index is 12.6. The summed E-state index contributed by atoms with van der Waals surface area (Å²) in [4.78, 5) is 18.9. The second kappa shape index (κ2) is 7.95. The zero-order valence-electron chi connectivity index (χ0n) is 16.7. The highest BCUT2D eigenvalue weighted by Gasteiger charge is 2.34. The summed E-state index contributed by atoms with van der Waals surface area (Å²) < 4.78 is 16.1. The van der Waals surface area contributed by atoms with Gasteiger partial charge in [0.1, 0.15) is 11.5 Å². The zero-order chi connectivity index (χ0) is 20.4. The largest absolute Gasteiger partial charge is 0.497 e. The number of aryl methyl sites for hydroxylation is 1. The highest BCUT2D eigenvalue weighted by Crippen LogP contribution is 2.33. The first-order valence-electron chi connectivity index (χ1n) is 9.57. The zero-order valence-corrected chi connectivity index (χ0v) is 16.7. The highest BCUT2D eigenvalue weighted by molar-refractivity contribution is 5.96. The van der Waals surface area contributed by atoms with Crippen LogP contribution in [-0.4, -0.2) is 36.8 Å². The van der Waals surface area contributed by atoms with E-state index in [0.717, 1.165) is 12.1 Å². The number of ether oxygens (including phenoxy) is 2. The number of nitrogens with zero attached hydrogens (tertiary/aromatic N) is 3. The minimum absolute atomic E-state index is 0.0636. The van der Waals surface area contributed by atoms with Crippen molar-refractivity contribution in [1.29, 1.82) is 0 Å². The van der Waals surface area contributed by atoms with Crippen LogP contribution < -0.4 is 14.4 Å². The lowest BCUT2D eigenvalue weighted by molar-refractivity contribution is -0.117. The molecule has 1 fully saturated rings. The maximum Gasteiger partial charge on any atom is 0.258 e. The lowest BCUT2D eigenvalue weighted by Crippen LogP contribution is -2.24. The Kier molecular flexibility index (Phi) is 5.20. The van der Waals surface area contributed by atoms with Crippen LogP contribution in [0.4, 0.5) is 5.69 Å². The van der Waals surface area contributed by atoms with Crippen LogP contribution in [0.1, 0.15) is 30.7 Å². The summed E-state index contributed by atoms with van der Waals surface area (Å²) in [6, 6.07) is 13.5. The van der Waals surface area contributed by atoms with E-state index in [4.69, 9.17) is 14.0 Å². The smallest absolute Gasteiger partial charge is 0.258 e. The number of carbonyl (C=O) groups excluding carboxylic acids is 1. The molecule has 7 nitrogen and oxygen atoms in total. The number of benzene rings is 2. The average molecular weight is 393 g/mol. The number of rotatable bonds is 6. The molecule has 1 aliphatic rings. The Labute approximate surface area is 169 Å². The van der Waals surface area contributed by atoms with Crippen LogP contribution in [0.25, 0.3) is 11.5 Å². The van der Waals surface area contributed by atoms with Crippen molar-refractivity contribution in [1.82, 2.24) is 10.1 Å². The molecule has 0 N–H and O–H groups in total. The van der Waals surface area contributed by atoms with Gasteiger partial charge in [0.15, 0.2) is 5.82 Å². The van der Waals surface area contributed by atoms with Gasteiger partial charge in [-0.1, -0.05) is 24.2 Å². The number of hydrogen-bond donors (Lipinski definition) is 0. The van der Waals surface area contributed by atoms with Crippen LogP contribution in [0, 0.1) is 0 Å². The van der Waals surface area contributed by atoms with Gasteiger partial charge in [-0.05, 0) is 36.2 Å². The van der Waals surface area contributed by atoms with Gasteiger partial charge >= 0.3 is 0 Å². The first kappa shape index (κ1) is 19.0. The fraction of sp³-hybridized carbons (Fsp3) is 0.318. The molecule has 3 aromatic rings. The van der Waals surface area contributed by atoms with Crippen molar-refractivity contribution in [2.24, 2.45) is 0 Å². The van der Waals surface area contributed by atoms with E-state index in [1.165, 1.54) is 5.56 Å². The first-order valence-corrected chi connectivity index (χ1v) is 9.57. The van der Waals surface area contributed by atoms with Gasteiger partial charge in [-0.25, -0.2) is 0 Å². The van der Waals surface area contributed by atoms with Gasteiger partial charge < -0.3 is 18.9 Å². The Morgan fingerprint density at radius 1 is 1.10 bits per heavy atom. The van der Waals surface area contributed by atoms with Crippen LogP contribution in [0.2, 0.25) is 0 Å². The normalized spacial score (nSPS) is 16.3. The monoisotopic (exact) mass is 393 g/mol. The minimum atomic E-state index is -0.113. The van der Waals surface area contributed by atoms with Crippen LogP contribution in [0.3, 0.4) is 0 Å². The van der Waals surface area contributed by atoms with Gasteiger partial charge in [0.05, 0.1) is 14.2 Å². The number of aromatic nitrogens is 2. The number of methoxy groups -OCH3 is 2. The highest BCUT2D eigenvalue weighted by atomic mass is 16.5. The molecule has 4 rings (SSSR count). The van der Waals surface area contributed by atoms with Crippen molar-refractivity contribution in [3.8, 4) is 23.0 Å². The predicted octanol–water partition coefficient (Wildman–Crippen LogP) is 3.84. The summed E-state index contributed by atoms with van der Waals surface area (Å²) in [5, 5.41) is 4.13. The Morgan fingerprint density at radius 3 is 2.41 bits per heavy atom. The fourth-order valence-electron chi connectivity index (χ4n) is 3.49. The quantitative estimate of drug-likeness (QED) is 0.633. The molecule has 1 aromatic heterocycles. The third-order valence-corrected chi connectivity index (χ3v) is 5.19. The van der Waals surface area contributed by atoms with E-state index in [9.17, 15) is 4.79 Å². The van der Waals surface area contributed by atoms with E-state index < -0.39 is 0 Å². The third kappa shape index (κ3) is 3.81. The molecule has 1 aliphatic heterocycles. The van der Waals surface area contributed by atoms with Crippen LogP contribution in [0.5, 0.6) is 11.5 Å². The summed E-state index contributed by atoms with van der Waals surface area (Å²) in [5.41, 5.74) is 2.85. The third-order valence-electron chi connectivity index (χ3n) is 5.19. The van der Waals surface area contributed by atoms with E-state index >= 15 is 0 Å². The number of hydrogen-bond acceptors (Lipinski definition) is 6. The summed E-state index contributed by atoms with van der Waals surface area (Å²) in [6.45, 7) is 2.64. The van der Waals surface area contributed by atoms with Crippen molar-refractivity contribution < 1.29 is 18.8 Å². The van der Waals surface area contributed by atoms with E-state index in [-0.39, 0.29) is 11.8 Å². The SMILES string of the molecule is CCc1ccc(N2C[C@H](c3noc(-c4cc(OC)cc(OC)c4)n3)CC2=O)cc1. The standard InChI is InChI=1S/C22H23N3O4/c1-4-14-5-7-17(8-6-14)25-13-16(11-20(25)26)21-23-22(29-24-21)15-9-18(27-2)12-19(10-15)28-3/h5-10,12,16H,4,11,13H2,1-3H3/t16-/m1/s1. The van der Waals surface area contributed by atoms with Crippen molar-refractivity contribution in [3.05, 3.63) is 53.9 Å². The molecular formula is C22H23N3O4. The Hall–Kier alpha value is -3.35. The average Bonchev–Trinajstić information content (AvgIpc) is 3.40. The van der Waals surface area contributed by atoms with Gasteiger partial charge in [0, 0.05) is 36.2 Å². The second-order valence-corrected chi connectivity index (χ2v) is 6.98. The number of amides is 1. The van der Waals surface area contributed by atoms with E-state index in [1.54, 1.807) is 37.3 Å². The molecule has 1 amide bonds. The topological polar surface area (TPSA) is 77.7 Å². The van der Waals surface area contributed by atoms with Crippen molar-refractivity contribution >= 4 is 11.6 Å². The molecule has 2 aromatic carbocycles. The van der Waals surface area contributed by atoms with Crippen LogP contribution >= 0.6 is 0 Å². The van der Waals surface area contributed by atoms with Gasteiger partial charge in [-0.3, -0.25) is 4.79 Å². The molecule has 0 bridgehead atoms. The summed E-state index contributed by atoms with van der Waals surface area (Å²) in [5.74, 6) is 2.12. The molecule has 1 atom stereocenters. The minimum Gasteiger partial charge on any atom is -0.497 e. The Morgan fingerprint density at radius 2 is 1.79 bits per heavy atom. The molecule has 0 unspecified atom stereocenters. The van der Waals surface area contributed by atoms with Crippen molar-refractivity contribution in [3.63, 3.8) is 0 Å². The Balaban J connectivity index is 1.55. The molecule has 2 heterocycles. The molecule has 7 heteroatoms. The molecule has 0 radical (unpaired) electrons. The predicted molar refractivity (Wildman–Crippen MR) is 108 cm³/mol. The van der Waals surface area contributed by atoms with Gasteiger partial charge in [0.2, 0.25) is 5.91 Å². The molecule has 0 spiro atoms. The lowest BCUT2D eigenvalue weighted by Gasteiger charge is -2.16. The number of anilines is 1. The molecule has 29 heavy (non-hydrogen) atoms. The van der Waals surface area contributed by atoms with Gasteiger partial charge in [-0.2, -0.15) is 4.98 Å². The van der Waals surface area contributed by atoms with E-state index in [2.05, 4.69) is 29.2 Å². The molecule has 1 saturated heterocycles. The second-order valence-electron chi connectivity index (χ2n) is 6.98. The number of carbonyl (C=O) groups is 1. The van der Waals surface area contributed by atoms with E-state index in [0.29, 0.717) is 41.7 Å². The van der Waals surface area contributed by atoms with E-state index in [1.807, 2.05) is 12.1 Å². The maximum atomic E-state index is 12.6. The lowest BCUT2D eigenvalue weighted by atomic mass is 10.1. The molecule has 0 aliphatic carbocycles. The molecular weight excluding hydrogens is 370 g/mol. The van der Waals surface area contributed by atoms with Crippen molar-refractivity contribution in [2.75, 3.05) is 25.7 Å². The molecule has 150 valence electrons. The van der Waals surface area contributed by atoms with Crippen LogP contribution in [-0.2, 0) is 11.2 Å². The van der Waals surface area contributed by atoms with Gasteiger partial charge in [-0.15, -0.1) is 0 Å². The summed E-state index contributed by atoms with van der Waals surface area (Å²) >= 11 is 0.